The van der Waals surface area contributed by atoms with Gasteiger partial charge in [0.1, 0.15) is 11.9 Å². The van der Waals surface area contributed by atoms with Gasteiger partial charge in [0.25, 0.3) is 0 Å². The molecule has 0 unspecified atom stereocenters. The van der Waals surface area contributed by atoms with Crippen molar-refractivity contribution in [3.8, 4) is 5.88 Å². The van der Waals surface area contributed by atoms with Crippen LogP contribution in [0.3, 0.4) is 0 Å². The number of benzene rings is 1. The number of halogens is 1. The van der Waals surface area contributed by atoms with E-state index in [0.29, 0.717) is 23.6 Å². The normalized spacial score (nSPS) is 19.3. The molecule has 1 fully saturated rings. The summed E-state index contributed by atoms with van der Waals surface area (Å²) in [5.41, 5.74) is 1.25. The minimum absolute atomic E-state index is 0.255. The summed E-state index contributed by atoms with van der Waals surface area (Å²) in [7, 11) is 1.52. The lowest BCUT2D eigenvalue weighted by atomic mass is 10.1. The van der Waals surface area contributed by atoms with Crippen LogP contribution in [-0.4, -0.2) is 41.0 Å². The number of amides is 2. The largest absolute Gasteiger partial charge is 0.481 e. The zero-order chi connectivity index (χ0) is 19.2. The van der Waals surface area contributed by atoms with E-state index in [4.69, 9.17) is 4.74 Å². The van der Waals surface area contributed by atoms with Gasteiger partial charge in [-0.15, -0.1) is 11.8 Å². The number of nitrogens with zero attached hydrogens (tertiary/aromatic N) is 1. The van der Waals surface area contributed by atoms with Crippen LogP contribution in [0.2, 0.25) is 0 Å². The Bertz CT molecular complexity index is 833. The van der Waals surface area contributed by atoms with E-state index >= 15 is 0 Å². The fraction of sp³-hybridized carbons (Fsp3) is 0.316. The number of ether oxygens (including phenoxy) is 1. The van der Waals surface area contributed by atoms with Gasteiger partial charge in [0.15, 0.2) is 0 Å². The second-order valence-electron chi connectivity index (χ2n) is 6.07. The Balaban J connectivity index is 1.53. The Morgan fingerprint density at radius 2 is 2.11 bits per heavy atom. The van der Waals surface area contributed by atoms with Crippen LogP contribution in [0, 0.1) is 5.82 Å². The lowest BCUT2D eigenvalue weighted by Crippen LogP contribution is -2.54. The molecule has 8 heteroatoms. The highest BCUT2D eigenvalue weighted by atomic mass is 32.2. The summed E-state index contributed by atoms with van der Waals surface area (Å²) in [5.74, 6) is 0.0293. The van der Waals surface area contributed by atoms with Gasteiger partial charge in [-0.25, -0.2) is 9.37 Å². The first-order valence-corrected chi connectivity index (χ1v) is 9.54. The number of thioether (sulfide) groups is 1. The summed E-state index contributed by atoms with van der Waals surface area (Å²) in [4.78, 5) is 28.8. The van der Waals surface area contributed by atoms with Crippen LogP contribution in [0.15, 0.2) is 42.6 Å². The molecule has 0 aliphatic carbocycles. The number of rotatable bonds is 6. The molecule has 0 saturated carbocycles. The summed E-state index contributed by atoms with van der Waals surface area (Å²) in [6.45, 7) is 0.255. The van der Waals surface area contributed by atoms with Crippen LogP contribution in [0.4, 0.5) is 4.39 Å². The highest BCUT2D eigenvalue weighted by Gasteiger charge is 2.32. The smallest absolute Gasteiger partial charge is 0.243 e. The molecule has 3 rings (SSSR count). The first-order chi connectivity index (χ1) is 13.1. The predicted octanol–water partition coefficient (Wildman–Crippen LogP) is 1.69. The van der Waals surface area contributed by atoms with Gasteiger partial charge in [0, 0.05) is 24.1 Å². The summed E-state index contributed by atoms with van der Waals surface area (Å²) in [6.07, 6.45) is 1.91. The molecule has 6 nitrogen and oxygen atoms in total. The van der Waals surface area contributed by atoms with Gasteiger partial charge in [-0.3, -0.25) is 9.59 Å². The standard InChI is InChI=1S/C19H20FN3O3S/c1-26-19-13(6-4-8-21-19)10-22-17(24)15-11-27-16(18(25)23-15)9-12-5-2-3-7-14(12)20/h2-8,15-16H,9-11H2,1H3,(H,22,24)(H,23,25)/t15-,16+/m1/s1. The van der Waals surface area contributed by atoms with E-state index in [2.05, 4.69) is 15.6 Å². The lowest BCUT2D eigenvalue weighted by Gasteiger charge is -2.28. The molecule has 1 aliphatic rings. The number of methoxy groups -OCH3 is 1. The average Bonchev–Trinajstić information content (AvgIpc) is 2.69. The third kappa shape index (κ3) is 4.77. The Labute approximate surface area is 160 Å². The SMILES string of the molecule is COc1ncccc1CNC(=O)[C@H]1CS[C@@H](Cc2ccccc2F)C(=O)N1. The summed E-state index contributed by atoms with van der Waals surface area (Å²) in [6, 6.07) is 9.35. The summed E-state index contributed by atoms with van der Waals surface area (Å²) >= 11 is 1.36. The number of aromatic nitrogens is 1. The number of pyridine rings is 1. The Hall–Kier alpha value is -2.61. The topological polar surface area (TPSA) is 80.3 Å². The zero-order valence-electron chi connectivity index (χ0n) is 14.8. The van der Waals surface area contributed by atoms with Gasteiger partial charge >= 0.3 is 0 Å². The zero-order valence-corrected chi connectivity index (χ0v) is 15.6. The van der Waals surface area contributed by atoms with Crippen LogP contribution in [0.1, 0.15) is 11.1 Å². The molecular formula is C19H20FN3O3S. The molecular weight excluding hydrogens is 369 g/mol. The monoisotopic (exact) mass is 389 g/mol. The fourth-order valence-corrected chi connectivity index (χ4v) is 3.98. The van der Waals surface area contributed by atoms with Gasteiger partial charge in [-0.1, -0.05) is 24.3 Å². The highest BCUT2D eigenvalue weighted by Crippen LogP contribution is 2.23. The number of carbonyl (C=O) groups excluding carboxylic acids is 2. The number of carbonyl (C=O) groups is 2. The van der Waals surface area contributed by atoms with E-state index in [9.17, 15) is 14.0 Å². The first kappa shape index (κ1) is 19.2. The number of hydrogen-bond donors (Lipinski definition) is 2. The van der Waals surface area contributed by atoms with Crippen molar-refractivity contribution in [2.45, 2.75) is 24.3 Å². The van der Waals surface area contributed by atoms with Crippen LogP contribution in [0.5, 0.6) is 5.88 Å². The van der Waals surface area contributed by atoms with Crippen molar-refractivity contribution in [2.75, 3.05) is 12.9 Å². The van der Waals surface area contributed by atoms with Crippen molar-refractivity contribution < 1.29 is 18.7 Å². The van der Waals surface area contributed by atoms with E-state index in [-0.39, 0.29) is 24.2 Å². The third-order valence-electron chi connectivity index (χ3n) is 4.25. The summed E-state index contributed by atoms with van der Waals surface area (Å²) in [5, 5.41) is 5.11. The van der Waals surface area contributed by atoms with Crippen molar-refractivity contribution in [1.82, 2.24) is 15.6 Å². The molecule has 2 atom stereocenters. The van der Waals surface area contributed by atoms with Crippen LogP contribution < -0.4 is 15.4 Å². The van der Waals surface area contributed by atoms with E-state index in [0.717, 1.165) is 5.56 Å². The molecule has 2 N–H and O–H groups in total. The molecule has 27 heavy (non-hydrogen) atoms. The number of hydrogen-bond acceptors (Lipinski definition) is 5. The van der Waals surface area contributed by atoms with E-state index in [1.54, 1.807) is 30.5 Å². The maximum atomic E-state index is 13.8. The molecule has 2 aromatic rings. The number of nitrogens with one attached hydrogen (secondary N) is 2. The predicted molar refractivity (Wildman–Crippen MR) is 101 cm³/mol. The first-order valence-electron chi connectivity index (χ1n) is 8.49. The second kappa shape index (κ2) is 8.85. The van der Waals surface area contributed by atoms with E-state index < -0.39 is 11.3 Å². The van der Waals surface area contributed by atoms with Gasteiger partial charge in [-0.05, 0) is 24.1 Å². The van der Waals surface area contributed by atoms with Gasteiger partial charge < -0.3 is 15.4 Å². The molecule has 1 aromatic heterocycles. The van der Waals surface area contributed by atoms with Gasteiger partial charge in [-0.2, -0.15) is 0 Å². The molecule has 2 heterocycles. The minimum Gasteiger partial charge on any atom is -0.481 e. The molecule has 0 spiro atoms. The lowest BCUT2D eigenvalue weighted by molar-refractivity contribution is -0.128. The van der Waals surface area contributed by atoms with Gasteiger partial charge in [0.05, 0.1) is 12.4 Å². The Kier molecular flexibility index (Phi) is 6.28. The molecule has 1 aliphatic heterocycles. The minimum atomic E-state index is -0.623. The van der Waals surface area contributed by atoms with Crippen molar-refractivity contribution >= 4 is 23.6 Å². The maximum Gasteiger partial charge on any atom is 0.243 e. The Morgan fingerprint density at radius 3 is 2.85 bits per heavy atom. The third-order valence-corrected chi connectivity index (χ3v) is 5.56. The molecule has 1 saturated heterocycles. The van der Waals surface area contributed by atoms with Crippen molar-refractivity contribution in [1.29, 1.82) is 0 Å². The summed E-state index contributed by atoms with van der Waals surface area (Å²) < 4.78 is 18.9. The van der Waals surface area contributed by atoms with E-state index in [1.807, 2.05) is 6.07 Å². The van der Waals surface area contributed by atoms with Crippen molar-refractivity contribution in [2.24, 2.45) is 0 Å². The molecule has 142 valence electrons. The van der Waals surface area contributed by atoms with Gasteiger partial charge in [0.2, 0.25) is 17.7 Å². The van der Waals surface area contributed by atoms with Crippen LogP contribution >= 0.6 is 11.8 Å². The van der Waals surface area contributed by atoms with E-state index in [1.165, 1.54) is 24.9 Å². The van der Waals surface area contributed by atoms with Crippen LogP contribution in [-0.2, 0) is 22.6 Å². The van der Waals surface area contributed by atoms with Crippen molar-refractivity contribution in [3.63, 3.8) is 0 Å². The fourth-order valence-electron chi connectivity index (χ4n) is 2.80. The molecule has 0 bridgehead atoms. The Morgan fingerprint density at radius 1 is 1.33 bits per heavy atom. The quantitative estimate of drug-likeness (QED) is 0.786. The average molecular weight is 389 g/mol. The molecule has 2 amide bonds. The molecule has 1 aromatic carbocycles. The second-order valence-corrected chi connectivity index (χ2v) is 7.30. The van der Waals surface area contributed by atoms with Crippen LogP contribution in [0.25, 0.3) is 0 Å². The maximum absolute atomic E-state index is 13.8. The van der Waals surface area contributed by atoms with Crippen molar-refractivity contribution in [3.05, 3.63) is 59.5 Å². The highest BCUT2D eigenvalue weighted by molar-refractivity contribution is 8.00. The molecule has 0 radical (unpaired) electrons.